The Labute approximate surface area is 176 Å². The van der Waals surface area contributed by atoms with Crippen molar-refractivity contribution in [2.24, 2.45) is 0 Å². The molecule has 2 rings (SSSR count). The standard InChI is InChI=1S/C22H31NO2SSi2/c1-27(2,3)19-13-17(14-20(15-19)28(4,5)6)22(26)23-18-10-7-16(8-11-18)9-12-21(24)25/h7-8,10-11,13-15H,9,12H2,1-6H3,(H,23,26)(H,24,25). The van der Waals surface area contributed by atoms with E-state index in [2.05, 4.69) is 62.8 Å². The molecule has 0 saturated heterocycles. The molecule has 0 aromatic heterocycles. The van der Waals surface area contributed by atoms with Crippen LogP contribution in [0.5, 0.6) is 0 Å². The lowest BCUT2D eigenvalue weighted by atomic mass is 10.1. The molecule has 0 aliphatic rings. The highest BCUT2D eigenvalue weighted by Gasteiger charge is 2.23. The first-order valence-electron chi connectivity index (χ1n) is 9.64. The van der Waals surface area contributed by atoms with Crippen LogP contribution in [-0.2, 0) is 11.2 Å². The smallest absolute Gasteiger partial charge is 0.303 e. The molecule has 0 spiro atoms. The quantitative estimate of drug-likeness (QED) is 0.499. The highest BCUT2D eigenvalue weighted by molar-refractivity contribution is 7.81. The second-order valence-electron chi connectivity index (χ2n) is 9.34. The zero-order chi connectivity index (χ0) is 21.1. The molecule has 6 heteroatoms. The first-order valence-corrected chi connectivity index (χ1v) is 17.1. The normalized spacial score (nSPS) is 11.9. The van der Waals surface area contributed by atoms with Crippen molar-refractivity contribution < 1.29 is 9.90 Å². The van der Waals surface area contributed by atoms with E-state index in [4.69, 9.17) is 17.3 Å². The molecule has 0 bridgehead atoms. The Morgan fingerprint density at radius 2 is 1.43 bits per heavy atom. The predicted molar refractivity (Wildman–Crippen MR) is 130 cm³/mol. The van der Waals surface area contributed by atoms with Crippen molar-refractivity contribution in [3.8, 4) is 0 Å². The molecule has 0 fully saturated rings. The summed E-state index contributed by atoms with van der Waals surface area (Å²) in [6, 6.07) is 14.8. The number of hydrogen-bond acceptors (Lipinski definition) is 2. The van der Waals surface area contributed by atoms with Gasteiger partial charge in [0.25, 0.3) is 0 Å². The number of anilines is 1. The van der Waals surface area contributed by atoms with Crippen molar-refractivity contribution in [3.63, 3.8) is 0 Å². The van der Waals surface area contributed by atoms with Gasteiger partial charge in [0.1, 0.15) is 4.99 Å². The summed E-state index contributed by atoms with van der Waals surface area (Å²) in [7, 11) is -2.90. The molecule has 0 radical (unpaired) electrons. The van der Waals surface area contributed by atoms with Crippen LogP contribution in [0.2, 0.25) is 39.3 Å². The van der Waals surface area contributed by atoms with Crippen LogP contribution in [0.15, 0.2) is 42.5 Å². The molecule has 28 heavy (non-hydrogen) atoms. The molecule has 0 aliphatic heterocycles. The van der Waals surface area contributed by atoms with Gasteiger partial charge < -0.3 is 10.4 Å². The van der Waals surface area contributed by atoms with Gasteiger partial charge in [-0.25, -0.2) is 0 Å². The minimum Gasteiger partial charge on any atom is -0.481 e. The van der Waals surface area contributed by atoms with Crippen LogP contribution in [0.25, 0.3) is 0 Å². The molecule has 0 saturated carbocycles. The Morgan fingerprint density at radius 1 is 0.929 bits per heavy atom. The lowest BCUT2D eigenvalue weighted by Gasteiger charge is -2.24. The van der Waals surface area contributed by atoms with Gasteiger partial charge >= 0.3 is 5.97 Å². The largest absolute Gasteiger partial charge is 0.481 e. The van der Waals surface area contributed by atoms with Crippen molar-refractivity contribution in [1.82, 2.24) is 0 Å². The molecule has 2 aromatic rings. The minimum absolute atomic E-state index is 0.147. The van der Waals surface area contributed by atoms with E-state index in [9.17, 15) is 4.79 Å². The van der Waals surface area contributed by atoms with Gasteiger partial charge in [0.2, 0.25) is 0 Å². The van der Waals surface area contributed by atoms with E-state index < -0.39 is 22.1 Å². The molecule has 150 valence electrons. The van der Waals surface area contributed by atoms with E-state index in [1.165, 1.54) is 10.4 Å². The van der Waals surface area contributed by atoms with Gasteiger partial charge in [-0.15, -0.1) is 0 Å². The lowest BCUT2D eigenvalue weighted by molar-refractivity contribution is -0.136. The molecule has 0 heterocycles. The van der Waals surface area contributed by atoms with E-state index in [0.29, 0.717) is 6.42 Å². The molecular weight excluding hydrogens is 398 g/mol. The summed E-state index contributed by atoms with van der Waals surface area (Å²) in [6.07, 6.45) is 0.687. The molecule has 0 amide bonds. The summed E-state index contributed by atoms with van der Waals surface area (Å²) < 4.78 is 0. The number of rotatable bonds is 7. The molecule has 0 aliphatic carbocycles. The second-order valence-corrected chi connectivity index (χ2v) is 19.9. The Balaban J connectivity index is 2.25. The molecule has 2 N–H and O–H groups in total. The number of benzene rings is 2. The fourth-order valence-electron chi connectivity index (χ4n) is 2.83. The summed E-state index contributed by atoms with van der Waals surface area (Å²) >= 11 is 5.73. The van der Waals surface area contributed by atoms with Gasteiger partial charge in [-0.3, -0.25) is 4.79 Å². The van der Waals surface area contributed by atoms with Gasteiger partial charge in [-0.05, 0) is 24.1 Å². The third-order valence-corrected chi connectivity index (χ3v) is 9.15. The summed E-state index contributed by atoms with van der Waals surface area (Å²) in [5.74, 6) is -0.774. The Hall–Kier alpha value is -1.77. The van der Waals surface area contributed by atoms with Gasteiger partial charge in [-0.1, -0.05) is 92.2 Å². The second kappa shape index (κ2) is 8.72. The Morgan fingerprint density at radius 3 is 1.86 bits per heavy atom. The monoisotopic (exact) mass is 429 g/mol. The number of hydrogen-bond donors (Lipinski definition) is 2. The average molecular weight is 430 g/mol. The molecule has 0 atom stereocenters. The molecule has 2 aromatic carbocycles. The van der Waals surface area contributed by atoms with E-state index >= 15 is 0 Å². The average Bonchev–Trinajstić information content (AvgIpc) is 2.59. The maximum atomic E-state index is 10.7. The number of nitrogens with one attached hydrogen (secondary N) is 1. The van der Waals surface area contributed by atoms with Crippen molar-refractivity contribution in [3.05, 3.63) is 53.6 Å². The van der Waals surface area contributed by atoms with Crippen LogP contribution in [0.3, 0.4) is 0 Å². The number of thiocarbonyl (C=S) groups is 1. The topological polar surface area (TPSA) is 49.3 Å². The third kappa shape index (κ3) is 6.39. The van der Waals surface area contributed by atoms with Crippen molar-refractivity contribution >= 4 is 55.4 Å². The first kappa shape index (κ1) is 22.5. The molecule has 3 nitrogen and oxygen atoms in total. The first-order chi connectivity index (χ1) is 12.9. The van der Waals surface area contributed by atoms with Crippen LogP contribution in [0.1, 0.15) is 17.5 Å². The summed E-state index contributed by atoms with van der Waals surface area (Å²) in [4.78, 5) is 11.4. The fraction of sp³-hybridized carbons (Fsp3) is 0.364. The van der Waals surface area contributed by atoms with E-state index in [1.807, 2.05) is 24.3 Å². The number of aryl methyl sites for hydroxylation is 1. The van der Waals surface area contributed by atoms with Crippen LogP contribution < -0.4 is 15.7 Å². The summed E-state index contributed by atoms with van der Waals surface area (Å²) in [5, 5.41) is 15.0. The molecule has 0 unspecified atom stereocenters. The SMILES string of the molecule is C[Si](C)(C)c1cc(C(=S)Nc2ccc(CCC(=O)O)cc2)cc([Si](C)(C)C)c1. The number of aliphatic carboxylic acids is 1. The van der Waals surface area contributed by atoms with Crippen LogP contribution in [-0.4, -0.2) is 32.2 Å². The third-order valence-electron chi connectivity index (χ3n) is 4.77. The van der Waals surface area contributed by atoms with Crippen molar-refractivity contribution in [2.45, 2.75) is 52.1 Å². The Kier molecular flexibility index (Phi) is 7.01. The van der Waals surface area contributed by atoms with E-state index in [0.717, 1.165) is 21.8 Å². The summed E-state index contributed by atoms with van der Waals surface area (Å²) in [6.45, 7) is 14.2. The fourth-order valence-corrected chi connectivity index (χ4v) is 5.57. The highest BCUT2D eigenvalue weighted by Crippen LogP contribution is 2.15. The number of carbonyl (C=O) groups is 1. The van der Waals surface area contributed by atoms with Crippen LogP contribution in [0, 0.1) is 0 Å². The number of carboxylic acid groups (broad SMARTS) is 1. The van der Waals surface area contributed by atoms with Crippen LogP contribution in [0.4, 0.5) is 5.69 Å². The van der Waals surface area contributed by atoms with E-state index in [1.54, 1.807) is 0 Å². The number of carboxylic acids is 1. The zero-order valence-corrected chi connectivity index (χ0v) is 20.5. The maximum Gasteiger partial charge on any atom is 0.303 e. The highest BCUT2D eigenvalue weighted by atomic mass is 32.1. The van der Waals surface area contributed by atoms with Gasteiger partial charge in [0, 0.05) is 17.7 Å². The van der Waals surface area contributed by atoms with Crippen molar-refractivity contribution in [1.29, 1.82) is 0 Å². The van der Waals surface area contributed by atoms with Gasteiger partial charge in [-0.2, -0.15) is 0 Å². The van der Waals surface area contributed by atoms with Crippen molar-refractivity contribution in [2.75, 3.05) is 5.32 Å². The van der Waals surface area contributed by atoms with Gasteiger partial charge in [0.15, 0.2) is 0 Å². The minimum atomic E-state index is -1.45. The summed E-state index contributed by atoms with van der Waals surface area (Å²) in [5.41, 5.74) is 3.03. The Bertz CT molecular complexity index is 833. The van der Waals surface area contributed by atoms with Gasteiger partial charge in [0.05, 0.1) is 16.1 Å². The predicted octanol–water partition coefficient (Wildman–Crippen LogP) is 4.58. The molecular formula is C22H31NO2SSi2. The maximum absolute atomic E-state index is 10.7. The lowest BCUT2D eigenvalue weighted by Crippen LogP contribution is -2.45. The zero-order valence-electron chi connectivity index (χ0n) is 17.7. The van der Waals surface area contributed by atoms with E-state index in [-0.39, 0.29) is 6.42 Å². The van der Waals surface area contributed by atoms with Crippen LogP contribution >= 0.6 is 12.2 Å².